The highest BCUT2D eigenvalue weighted by Gasteiger charge is 2.45. The Morgan fingerprint density at radius 2 is 1.23 bits per heavy atom. The Bertz CT molecular complexity index is 1070. The molecule has 1 saturated heterocycles. The number of nitrogens with zero attached hydrogens (tertiary/aromatic N) is 1. The molecule has 1 atom stereocenters. The van der Waals surface area contributed by atoms with E-state index in [2.05, 4.69) is 22.9 Å². The molecule has 1 aliphatic rings. The van der Waals surface area contributed by atoms with Crippen LogP contribution in [0.2, 0.25) is 0 Å². The normalized spacial score (nSPS) is 16.8. The van der Waals surface area contributed by atoms with Crippen LogP contribution in [0.3, 0.4) is 0 Å². The van der Waals surface area contributed by atoms with E-state index in [1.54, 1.807) is 17.0 Å². The molecule has 0 spiro atoms. The van der Waals surface area contributed by atoms with E-state index in [4.69, 9.17) is 0 Å². The van der Waals surface area contributed by atoms with Gasteiger partial charge in [0.1, 0.15) is 5.76 Å². The lowest BCUT2D eigenvalue weighted by Gasteiger charge is -2.25. The minimum atomic E-state index is -0.605. The molecule has 3 rings (SSSR count). The summed E-state index contributed by atoms with van der Waals surface area (Å²) in [6.07, 6.45) is 17.8. The van der Waals surface area contributed by atoms with Crippen molar-refractivity contribution >= 4 is 33.4 Å². The van der Waals surface area contributed by atoms with Crippen molar-refractivity contribution < 1.29 is 14.7 Å². The molecule has 2 aromatic carbocycles. The molecule has 0 aliphatic carbocycles. The quantitative estimate of drug-likeness (QED) is 0.0856. The molecule has 2 aromatic rings. The van der Waals surface area contributed by atoms with Gasteiger partial charge in [0, 0.05) is 16.6 Å². The first-order valence-electron chi connectivity index (χ1n) is 15.0. The van der Waals surface area contributed by atoms with E-state index in [0.29, 0.717) is 12.1 Å². The number of halogens is 1. The van der Waals surface area contributed by atoms with Crippen molar-refractivity contribution in [1.29, 1.82) is 0 Å². The number of unbranched alkanes of at least 4 members (excludes halogenated alkanes) is 13. The molecule has 0 unspecified atom stereocenters. The molecule has 1 N–H and O–H groups in total. The number of aliphatic hydroxyl groups excluding tert-OH is 1. The van der Waals surface area contributed by atoms with Gasteiger partial charge in [-0.25, -0.2) is 0 Å². The second-order valence-corrected chi connectivity index (χ2v) is 11.9. The first kappa shape index (κ1) is 31.1. The zero-order valence-corrected chi connectivity index (χ0v) is 25.5. The molecule has 1 heterocycles. The summed E-state index contributed by atoms with van der Waals surface area (Å²) >= 11 is 3.41. The second-order valence-electron chi connectivity index (χ2n) is 11.0. The van der Waals surface area contributed by atoms with Gasteiger partial charge in [-0.3, -0.25) is 9.59 Å². The zero-order valence-electron chi connectivity index (χ0n) is 23.9. The highest BCUT2D eigenvalue weighted by Crippen LogP contribution is 2.39. The number of carbonyl (C=O) groups excluding carboxylic acids is 2. The van der Waals surface area contributed by atoms with E-state index in [-0.39, 0.29) is 11.3 Å². The van der Waals surface area contributed by atoms with Gasteiger partial charge in [0.15, 0.2) is 0 Å². The minimum absolute atomic E-state index is 0.116. The SMILES string of the molecule is CCCCCCCCCCCCCCCCN1C(=O)C(=O)/C(=C(/O)c2ccc(Br)cc2)[C@@H]1c1ccc(C)cc1. The smallest absolute Gasteiger partial charge is 0.295 e. The van der Waals surface area contributed by atoms with Crippen LogP contribution >= 0.6 is 15.9 Å². The molecule has 39 heavy (non-hydrogen) atoms. The monoisotopic (exact) mass is 595 g/mol. The van der Waals surface area contributed by atoms with Gasteiger partial charge < -0.3 is 10.0 Å². The third-order valence-electron chi connectivity index (χ3n) is 7.80. The number of likely N-dealkylation sites (tertiary alicyclic amines) is 1. The number of ketones is 1. The lowest BCUT2D eigenvalue weighted by molar-refractivity contribution is -0.139. The third-order valence-corrected chi connectivity index (χ3v) is 8.33. The maximum atomic E-state index is 13.2. The molecule has 1 aliphatic heterocycles. The van der Waals surface area contributed by atoms with Crippen molar-refractivity contribution in [3.8, 4) is 0 Å². The Hall–Kier alpha value is -2.40. The fraction of sp³-hybridized carbons (Fsp3) is 0.529. The van der Waals surface area contributed by atoms with E-state index < -0.39 is 17.7 Å². The Kier molecular flexibility index (Phi) is 13.3. The van der Waals surface area contributed by atoms with Gasteiger partial charge in [-0.15, -0.1) is 0 Å². The van der Waals surface area contributed by atoms with Gasteiger partial charge in [-0.1, -0.05) is 148 Å². The van der Waals surface area contributed by atoms with Crippen molar-refractivity contribution in [2.75, 3.05) is 6.54 Å². The van der Waals surface area contributed by atoms with Crippen molar-refractivity contribution in [3.05, 3.63) is 75.3 Å². The molecule has 0 bridgehead atoms. The molecule has 0 aromatic heterocycles. The second kappa shape index (κ2) is 16.6. The average Bonchev–Trinajstić information content (AvgIpc) is 3.18. The summed E-state index contributed by atoms with van der Waals surface area (Å²) in [6, 6.07) is 14.5. The Morgan fingerprint density at radius 3 is 1.74 bits per heavy atom. The number of hydrogen-bond donors (Lipinski definition) is 1. The minimum Gasteiger partial charge on any atom is -0.507 e. The molecule has 5 heteroatoms. The number of benzene rings is 2. The number of hydrogen-bond acceptors (Lipinski definition) is 3. The third kappa shape index (κ3) is 9.34. The van der Waals surface area contributed by atoms with Crippen LogP contribution < -0.4 is 0 Å². The molecule has 1 fully saturated rings. The number of aryl methyl sites for hydroxylation is 1. The van der Waals surface area contributed by atoms with E-state index in [0.717, 1.165) is 34.9 Å². The van der Waals surface area contributed by atoms with Crippen molar-refractivity contribution in [2.24, 2.45) is 0 Å². The molecular weight excluding hydrogens is 550 g/mol. The Labute approximate surface area is 244 Å². The summed E-state index contributed by atoms with van der Waals surface area (Å²) in [5.41, 5.74) is 2.67. The van der Waals surface area contributed by atoms with E-state index in [1.807, 2.05) is 43.3 Å². The highest BCUT2D eigenvalue weighted by atomic mass is 79.9. The molecule has 1 amide bonds. The fourth-order valence-electron chi connectivity index (χ4n) is 5.45. The van der Waals surface area contributed by atoms with Crippen LogP contribution in [0.5, 0.6) is 0 Å². The van der Waals surface area contributed by atoms with Crippen LogP contribution in [-0.2, 0) is 9.59 Å². The van der Waals surface area contributed by atoms with Crippen LogP contribution in [0.25, 0.3) is 5.76 Å². The Balaban J connectivity index is 1.52. The largest absolute Gasteiger partial charge is 0.507 e. The van der Waals surface area contributed by atoms with Gasteiger partial charge in [-0.05, 0) is 31.0 Å². The van der Waals surface area contributed by atoms with Gasteiger partial charge in [0.25, 0.3) is 11.7 Å². The number of amides is 1. The van der Waals surface area contributed by atoms with Gasteiger partial charge >= 0.3 is 0 Å². The highest BCUT2D eigenvalue weighted by molar-refractivity contribution is 9.10. The van der Waals surface area contributed by atoms with Crippen LogP contribution in [0, 0.1) is 6.92 Å². The first-order valence-corrected chi connectivity index (χ1v) is 15.8. The summed E-state index contributed by atoms with van der Waals surface area (Å²) in [6.45, 7) is 4.79. The molecule has 0 saturated carbocycles. The molecule has 212 valence electrons. The first-order chi connectivity index (χ1) is 18.9. The summed E-state index contributed by atoms with van der Waals surface area (Å²) in [7, 11) is 0. The van der Waals surface area contributed by atoms with Crippen molar-refractivity contribution in [3.63, 3.8) is 0 Å². The number of rotatable bonds is 17. The molecule has 4 nitrogen and oxygen atoms in total. The summed E-state index contributed by atoms with van der Waals surface area (Å²) in [5, 5.41) is 11.2. The van der Waals surface area contributed by atoms with Gasteiger partial charge in [0.05, 0.1) is 11.6 Å². The van der Waals surface area contributed by atoms with Crippen molar-refractivity contribution in [1.82, 2.24) is 4.90 Å². The summed E-state index contributed by atoms with van der Waals surface area (Å²) in [5.74, 6) is -1.24. The van der Waals surface area contributed by atoms with Crippen LogP contribution in [0.15, 0.2) is 58.6 Å². The number of carbonyl (C=O) groups is 2. The maximum Gasteiger partial charge on any atom is 0.295 e. The predicted molar refractivity (Wildman–Crippen MR) is 165 cm³/mol. The van der Waals surface area contributed by atoms with E-state index in [9.17, 15) is 14.7 Å². The zero-order chi connectivity index (χ0) is 28.0. The van der Waals surface area contributed by atoms with Crippen LogP contribution in [0.1, 0.15) is 120 Å². The predicted octanol–water partition coefficient (Wildman–Crippen LogP) is 9.66. The average molecular weight is 597 g/mol. The Morgan fingerprint density at radius 1 is 0.744 bits per heavy atom. The van der Waals surface area contributed by atoms with Crippen LogP contribution in [0.4, 0.5) is 0 Å². The van der Waals surface area contributed by atoms with E-state index >= 15 is 0 Å². The molecule has 0 radical (unpaired) electrons. The number of aliphatic hydroxyl groups is 1. The van der Waals surface area contributed by atoms with E-state index in [1.165, 1.54) is 70.6 Å². The standard InChI is InChI=1S/C34H46BrNO3/c1-3-4-5-6-7-8-9-10-11-12-13-14-15-16-25-36-31(27-19-17-26(2)18-20-27)30(33(38)34(36)39)32(37)28-21-23-29(35)24-22-28/h17-24,31,37H,3-16,25H2,1-2H3/b32-30+/t31-/m0/s1. The topological polar surface area (TPSA) is 57.6 Å². The fourth-order valence-corrected chi connectivity index (χ4v) is 5.71. The van der Waals surface area contributed by atoms with Gasteiger partial charge in [0.2, 0.25) is 0 Å². The lowest BCUT2D eigenvalue weighted by atomic mass is 9.94. The van der Waals surface area contributed by atoms with Gasteiger partial charge in [-0.2, -0.15) is 0 Å². The lowest BCUT2D eigenvalue weighted by Crippen LogP contribution is -2.30. The van der Waals surface area contributed by atoms with Crippen LogP contribution in [-0.4, -0.2) is 28.2 Å². The summed E-state index contributed by atoms with van der Waals surface area (Å²) in [4.78, 5) is 28.0. The number of Topliss-reactive ketones (excluding diaryl/α,β-unsaturated/α-hetero) is 1. The molecular formula is C34H46BrNO3. The summed E-state index contributed by atoms with van der Waals surface area (Å²) < 4.78 is 0.882. The maximum absolute atomic E-state index is 13.2. The van der Waals surface area contributed by atoms with Crippen molar-refractivity contribution in [2.45, 2.75) is 110 Å².